The van der Waals surface area contributed by atoms with Crippen LogP contribution in [0, 0.1) is 0 Å². The Morgan fingerprint density at radius 1 is 1.19 bits per heavy atom. The maximum atomic E-state index is 13.0. The molecule has 1 amide bonds. The summed E-state index contributed by atoms with van der Waals surface area (Å²) < 4.78 is 11.4. The first-order valence-electron chi connectivity index (χ1n) is 8.96. The van der Waals surface area contributed by atoms with Crippen molar-refractivity contribution in [2.75, 3.05) is 20.2 Å². The summed E-state index contributed by atoms with van der Waals surface area (Å²) in [5, 5.41) is 0. The number of rotatable bonds is 6. The van der Waals surface area contributed by atoms with Crippen molar-refractivity contribution in [2.24, 2.45) is 0 Å². The molecule has 1 aliphatic heterocycles. The Balaban J connectivity index is 1.77. The zero-order valence-corrected chi connectivity index (χ0v) is 15.2. The Labute approximate surface area is 155 Å². The third kappa shape index (κ3) is 4.33. The fraction of sp³-hybridized carbons (Fsp3) is 0.318. The van der Waals surface area contributed by atoms with E-state index < -0.39 is 0 Å². The predicted molar refractivity (Wildman–Crippen MR) is 103 cm³/mol. The monoisotopic (exact) mass is 351 g/mol. The van der Waals surface area contributed by atoms with Crippen LogP contribution in [0.15, 0.2) is 55.1 Å². The van der Waals surface area contributed by atoms with Crippen LogP contribution < -0.4 is 4.74 Å². The number of likely N-dealkylation sites (tertiary alicyclic amines) is 1. The van der Waals surface area contributed by atoms with Gasteiger partial charge in [-0.25, -0.2) is 0 Å². The summed E-state index contributed by atoms with van der Waals surface area (Å²) in [5.41, 5.74) is 2.60. The lowest BCUT2D eigenvalue weighted by atomic mass is 10.0. The molecule has 4 nitrogen and oxygen atoms in total. The molecule has 4 heteroatoms. The second-order valence-corrected chi connectivity index (χ2v) is 6.46. The molecule has 3 rings (SSSR count). The maximum absolute atomic E-state index is 13.0. The van der Waals surface area contributed by atoms with Gasteiger partial charge in [-0.2, -0.15) is 0 Å². The number of amides is 1. The molecule has 2 aromatic rings. The van der Waals surface area contributed by atoms with Crippen molar-refractivity contribution < 1.29 is 14.3 Å². The van der Waals surface area contributed by atoms with Gasteiger partial charge in [0.25, 0.3) is 5.91 Å². The summed E-state index contributed by atoms with van der Waals surface area (Å²) in [6.07, 6.45) is 3.74. The average Bonchev–Trinajstić information content (AvgIpc) is 2.72. The van der Waals surface area contributed by atoms with E-state index in [9.17, 15) is 4.79 Å². The predicted octanol–water partition coefficient (Wildman–Crippen LogP) is 4.16. The van der Waals surface area contributed by atoms with Gasteiger partial charge >= 0.3 is 0 Å². The summed E-state index contributed by atoms with van der Waals surface area (Å²) in [7, 11) is 1.73. The SMILES string of the molecule is C=Cc1ccc(C(=O)N2CCC(OC)CC2)c(OCc2ccccc2)c1. The van der Waals surface area contributed by atoms with Crippen LogP contribution in [0.2, 0.25) is 0 Å². The Bertz CT molecular complexity index is 749. The molecular weight excluding hydrogens is 326 g/mol. The van der Waals surface area contributed by atoms with E-state index in [0.717, 1.165) is 24.0 Å². The molecule has 0 bridgehead atoms. The van der Waals surface area contributed by atoms with E-state index in [1.807, 2.05) is 53.4 Å². The largest absolute Gasteiger partial charge is 0.488 e. The molecule has 1 aliphatic rings. The van der Waals surface area contributed by atoms with Crippen LogP contribution in [0.25, 0.3) is 6.08 Å². The lowest BCUT2D eigenvalue weighted by Crippen LogP contribution is -2.40. The van der Waals surface area contributed by atoms with Crippen LogP contribution in [0.4, 0.5) is 0 Å². The second kappa shape index (κ2) is 8.68. The van der Waals surface area contributed by atoms with Gasteiger partial charge in [-0.05, 0) is 36.1 Å². The van der Waals surface area contributed by atoms with Gasteiger partial charge in [0.15, 0.2) is 0 Å². The third-order valence-electron chi connectivity index (χ3n) is 4.77. The van der Waals surface area contributed by atoms with Crippen LogP contribution in [-0.4, -0.2) is 37.1 Å². The highest BCUT2D eigenvalue weighted by Gasteiger charge is 2.25. The molecular formula is C22H25NO3. The molecule has 0 spiro atoms. The average molecular weight is 351 g/mol. The van der Waals surface area contributed by atoms with Gasteiger partial charge in [-0.3, -0.25) is 4.79 Å². The standard InChI is InChI=1S/C22H25NO3/c1-3-17-9-10-20(22(24)23-13-11-19(25-2)12-14-23)21(15-17)26-16-18-7-5-4-6-8-18/h3-10,15,19H,1,11-14,16H2,2H3. The summed E-state index contributed by atoms with van der Waals surface area (Å²) in [6.45, 7) is 5.65. The lowest BCUT2D eigenvalue weighted by Gasteiger charge is -2.31. The minimum Gasteiger partial charge on any atom is -0.488 e. The molecule has 0 N–H and O–H groups in total. The van der Waals surface area contributed by atoms with E-state index in [0.29, 0.717) is 31.0 Å². The van der Waals surface area contributed by atoms with Gasteiger partial charge < -0.3 is 14.4 Å². The first kappa shape index (κ1) is 18.2. The smallest absolute Gasteiger partial charge is 0.257 e. The Hall–Kier alpha value is -2.59. The van der Waals surface area contributed by atoms with Crippen LogP contribution in [-0.2, 0) is 11.3 Å². The van der Waals surface area contributed by atoms with Crippen molar-refractivity contribution in [3.63, 3.8) is 0 Å². The quantitative estimate of drug-likeness (QED) is 0.784. The summed E-state index contributed by atoms with van der Waals surface area (Å²) in [6, 6.07) is 15.6. The molecule has 1 fully saturated rings. The number of hydrogen-bond donors (Lipinski definition) is 0. The number of methoxy groups -OCH3 is 1. The van der Waals surface area contributed by atoms with Crippen LogP contribution >= 0.6 is 0 Å². The number of nitrogens with zero attached hydrogens (tertiary/aromatic N) is 1. The molecule has 1 heterocycles. The molecule has 0 aromatic heterocycles. The number of carbonyl (C=O) groups is 1. The fourth-order valence-electron chi connectivity index (χ4n) is 3.16. The molecule has 0 saturated carbocycles. The van der Waals surface area contributed by atoms with Crippen molar-refractivity contribution in [1.29, 1.82) is 0 Å². The van der Waals surface area contributed by atoms with Crippen LogP contribution in [0.1, 0.15) is 34.3 Å². The zero-order valence-electron chi connectivity index (χ0n) is 15.2. The lowest BCUT2D eigenvalue weighted by molar-refractivity contribution is 0.0348. The zero-order chi connectivity index (χ0) is 18.4. The molecule has 1 saturated heterocycles. The number of benzene rings is 2. The number of hydrogen-bond acceptors (Lipinski definition) is 3. The fourth-order valence-corrected chi connectivity index (χ4v) is 3.16. The first-order chi connectivity index (χ1) is 12.7. The van der Waals surface area contributed by atoms with Crippen molar-refractivity contribution in [3.8, 4) is 5.75 Å². The molecule has 2 aromatic carbocycles. The summed E-state index contributed by atoms with van der Waals surface area (Å²) >= 11 is 0. The molecule has 136 valence electrons. The minimum atomic E-state index is 0.0122. The van der Waals surface area contributed by atoms with Gasteiger partial charge in [-0.15, -0.1) is 0 Å². The van der Waals surface area contributed by atoms with E-state index in [1.165, 1.54) is 0 Å². The van der Waals surface area contributed by atoms with Gasteiger partial charge in [0.2, 0.25) is 0 Å². The van der Waals surface area contributed by atoms with E-state index in [2.05, 4.69) is 6.58 Å². The van der Waals surface area contributed by atoms with Crippen molar-refractivity contribution in [2.45, 2.75) is 25.6 Å². The van der Waals surface area contributed by atoms with Gasteiger partial charge in [0, 0.05) is 20.2 Å². The van der Waals surface area contributed by atoms with Crippen LogP contribution in [0.5, 0.6) is 5.75 Å². The van der Waals surface area contributed by atoms with E-state index >= 15 is 0 Å². The highest BCUT2D eigenvalue weighted by Crippen LogP contribution is 2.25. The Morgan fingerprint density at radius 3 is 2.58 bits per heavy atom. The van der Waals surface area contributed by atoms with E-state index in [-0.39, 0.29) is 12.0 Å². The molecule has 0 radical (unpaired) electrons. The van der Waals surface area contributed by atoms with Crippen molar-refractivity contribution >= 4 is 12.0 Å². The van der Waals surface area contributed by atoms with Crippen molar-refractivity contribution in [3.05, 3.63) is 71.8 Å². The van der Waals surface area contributed by atoms with Gasteiger partial charge in [0.1, 0.15) is 12.4 Å². The summed E-state index contributed by atoms with van der Waals surface area (Å²) in [4.78, 5) is 14.9. The number of carbonyl (C=O) groups excluding carboxylic acids is 1. The topological polar surface area (TPSA) is 38.8 Å². The second-order valence-electron chi connectivity index (χ2n) is 6.46. The Kier molecular flexibility index (Phi) is 6.08. The maximum Gasteiger partial charge on any atom is 0.257 e. The Morgan fingerprint density at radius 2 is 1.92 bits per heavy atom. The van der Waals surface area contributed by atoms with Crippen molar-refractivity contribution in [1.82, 2.24) is 4.90 Å². The number of ether oxygens (including phenoxy) is 2. The van der Waals surface area contributed by atoms with Gasteiger partial charge in [0.05, 0.1) is 11.7 Å². The molecule has 0 unspecified atom stereocenters. The molecule has 0 atom stereocenters. The normalized spacial score (nSPS) is 14.9. The highest BCUT2D eigenvalue weighted by atomic mass is 16.5. The number of piperidine rings is 1. The highest BCUT2D eigenvalue weighted by molar-refractivity contribution is 5.97. The molecule has 0 aliphatic carbocycles. The van der Waals surface area contributed by atoms with E-state index in [4.69, 9.17) is 9.47 Å². The third-order valence-corrected chi connectivity index (χ3v) is 4.77. The van der Waals surface area contributed by atoms with E-state index in [1.54, 1.807) is 13.2 Å². The minimum absolute atomic E-state index is 0.0122. The first-order valence-corrected chi connectivity index (χ1v) is 8.96. The van der Waals surface area contributed by atoms with Crippen LogP contribution in [0.3, 0.4) is 0 Å². The summed E-state index contributed by atoms with van der Waals surface area (Å²) in [5.74, 6) is 0.614. The molecule has 26 heavy (non-hydrogen) atoms. The van der Waals surface area contributed by atoms with Gasteiger partial charge in [-0.1, -0.05) is 49.1 Å².